The zero-order valence-electron chi connectivity index (χ0n) is 18.3. The second-order valence-corrected chi connectivity index (χ2v) is 10.2. The van der Waals surface area contributed by atoms with Crippen molar-refractivity contribution in [1.82, 2.24) is 4.90 Å². The van der Waals surface area contributed by atoms with Crippen LogP contribution < -0.4 is 4.90 Å². The van der Waals surface area contributed by atoms with Crippen molar-refractivity contribution in [1.29, 1.82) is 0 Å². The quantitative estimate of drug-likeness (QED) is 0.538. The van der Waals surface area contributed by atoms with E-state index in [9.17, 15) is 19.5 Å². The van der Waals surface area contributed by atoms with Gasteiger partial charge in [-0.15, -0.1) is 0 Å². The number of likely N-dealkylation sites (N-methyl/N-ethyl adjacent to an activating group) is 1. The molecule has 0 spiro atoms. The lowest BCUT2D eigenvalue weighted by Crippen LogP contribution is -2.57. The zero-order chi connectivity index (χ0) is 22.9. The fourth-order valence-electron chi connectivity index (χ4n) is 5.63. The molecule has 0 saturated carbocycles. The number of rotatable bonds is 3. The Labute approximate surface area is 189 Å². The van der Waals surface area contributed by atoms with Gasteiger partial charge in [-0.05, 0) is 38.5 Å². The highest BCUT2D eigenvalue weighted by Crippen LogP contribution is 2.51. The second-order valence-electron chi connectivity index (χ2n) is 9.42. The molecule has 1 aromatic rings. The summed E-state index contributed by atoms with van der Waals surface area (Å²) in [6.07, 6.45) is -0.537. The Morgan fingerprint density at radius 1 is 1.28 bits per heavy atom. The summed E-state index contributed by atoms with van der Waals surface area (Å²) in [6, 6.07) is 0.441. The number of nitrogens with zero attached hydrogens (tertiary/aromatic N) is 2. The lowest BCUT2D eigenvalue weighted by atomic mass is 9.79. The van der Waals surface area contributed by atoms with Crippen LogP contribution in [0.15, 0.2) is 28.5 Å². The normalized spacial score (nSPS) is 40.2. The summed E-state index contributed by atoms with van der Waals surface area (Å²) >= 11 is 1.39. The average Bonchev–Trinajstić information content (AvgIpc) is 3.07. The molecule has 2 fully saturated rings. The molecule has 8 unspecified atom stereocenters. The van der Waals surface area contributed by atoms with Gasteiger partial charge in [0.2, 0.25) is 0 Å². The highest BCUT2D eigenvalue weighted by atomic mass is 32.1. The summed E-state index contributed by atoms with van der Waals surface area (Å²) in [4.78, 5) is 41.1. The number of hydrogen-bond acceptors (Lipinski definition) is 8. The van der Waals surface area contributed by atoms with Crippen LogP contribution in [0.25, 0.3) is 0 Å². The smallest absolute Gasteiger partial charge is 0.412 e. The van der Waals surface area contributed by atoms with Gasteiger partial charge in [-0.1, -0.05) is 6.92 Å². The van der Waals surface area contributed by atoms with E-state index in [1.165, 1.54) is 16.2 Å². The van der Waals surface area contributed by atoms with Crippen LogP contribution in [0, 0.1) is 11.8 Å². The molecule has 2 saturated heterocycles. The molecule has 1 N–H and O–H groups in total. The third-order valence-electron chi connectivity index (χ3n) is 7.19. The van der Waals surface area contributed by atoms with Crippen LogP contribution in [0.3, 0.4) is 0 Å². The van der Waals surface area contributed by atoms with Crippen molar-refractivity contribution in [2.45, 2.75) is 56.3 Å². The number of fused-ring (bicyclic) bond motifs is 4. The topological polar surface area (TPSA) is 109 Å². The van der Waals surface area contributed by atoms with E-state index in [2.05, 4.69) is 0 Å². The number of anilines is 1. The number of epoxide rings is 1. The van der Waals surface area contributed by atoms with Gasteiger partial charge in [-0.2, -0.15) is 11.3 Å². The minimum absolute atomic E-state index is 0.308. The molecule has 172 valence electrons. The van der Waals surface area contributed by atoms with Crippen LogP contribution in [-0.4, -0.2) is 78.1 Å². The highest BCUT2D eigenvalue weighted by Gasteiger charge is 2.65. The number of carbonyl (C=O) groups excluding carboxylic acids is 2. The second kappa shape index (κ2) is 7.29. The van der Waals surface area contributed by atoms with Crippen molar-refractivity contribution < 1.29 is 33.7 Å². The molecule has 3 aliphatic heterocycles. The Kier molecular flexibility index (Phi) is 4.88. The summed E-state index contributed by atoms with van der Waals surface area (Å²) < 4.78 is 17.6. The minimum Gasteiger partial charge on any atom is -0.465 e. The summed E-state index contributed by atoms with van der Waals surface area (Å²) in [6.45, 7) is 3.71. The molecule has 2 bridgehead atoms. The molecule has 1 amide bonds. The van der Waals surface area contributed by atoms with Crippen LogP contribution in [0.5, 0.6) is 0 Å². The predicted molar refractivity (Wildman–Crippen MR) is 114 cm³/mol. The highest BCUT2D eigenvalue weighted by molar-refractivity contribution is 7.08. The van der Waals surface area contributed by atoms with Crippen molar-refractivity contribution >= 4 is 35.1 Å². The van der Waals surface area contributed by atoms with Gasteiger partial charge in [-0.3, -0.25) is 9.69 Å². The molecule has 8 atom stereocenters. The van der Waals surface area contributed by atoms with Crippen molar-refractivity contribution in [3.63, 3.8) is 0 Å². The average molecular weight is 463 g/mol. The van der Waals surface area contributed by atoms with Crippen molar-refractivity contribution in [3.05, 3.63) is 28.5 Å². The largest absolute Gasteiger partial charge is 0.465 e. The predicted octanol–water partition coefficient (Wildman–Crippen LogP) is 2.12. The summed E-state index contributed by atoms with van der Waals surface area (Å²) in [5.41, 5.74) is 0.212. The van der Waals surface area contributed by atoms with Crippen molar-refractivity contribution in [2.24, 2.45) is 11.8 Å². The van der Waals surface area contributed by atoms with Gasteiger partial charge in [-0.25, -0.2) is 9.59 Å². The number of carboxylic acid groups (broad SMARTS) is 1. The standard InChI is InChI=1S/C22H26N2O7S/c1-10-15-13-7-12(20(26)29-13)16(23(3)4)17(24(21(27)28)11-5-6-32-9-11)18-22(2,31-18)8-14(15)30-19(10)25/h5-7,9-10,13-18H,8H2,1-4H3,(H,27,28). The Morgan fingerprint density at radius 2 is 2.03 bits per heavy atom. The minimum atomic E-state index is -1.13. The van der Waals surface area contributed by atoms with Crippen LogP contribution >= 0.6 is 11.3 Å². The van der Waals surface area contributed by atoms with Gasteiger partial charge in [0.15, 0.2) is 0 Å². The lowest BCUT2D eigenvalue weighted by molar-refractivity contribution is -0.144. The lowest BCUT2D eigenvalue weighted by Gasteiger charge is -2.38. The third kappa shape index (κ3) is 3.15. The number of esters is 2. The van der Waals surface area contributed by atoms with Crippen molar-refractivity contribution in [3.8, 4) is 0 Å². The molecule has 0 radical (unpaired) electrons. The van der Waals surface area contributed by atoms with E-state index in [0.717, 1.165) is 0 Å². The number of thiophene rings is 1. The Hall–Kier alpha value is -2.43. The van der Waals surface area contributed by atoms with Crippen LogP contribution in [0.1, 0.15) is 20.3 Å². The van der Waals surface area contributed by atoms with Crippen LogP contribution in [-0.2, 0) is 23.8 Å². The fraction of sp³-hybridized carbons (Fsp3) is 0.591. The molecule has 4 aliphatic rings. The van der Waals surface area contributed by atoms with Gasteiger partial charge in [0.1, 0.15) is 18.3 Å². The van der Waals surface area contributed by atoms with E-state index in [4.69, 9.17) is 14.2 Å². The number of amides is 1. The van der Waals surface area contributed by atoms with Gasteiger partial charge in [0, 0.05) is 17.7 Å². The Bertz CT molecular complexity index is 992. The van der Waals surface area contributed by atoms with E-state index < -0.39 is 54.0 Å². The molecule has 9 nitrogen and oxygen atoms in total. The molecule has 4 heterocycles. The molecule has 5 rings (SSSR count). The molecule has 1 aliphatic carbocycles. The van der Waals surface area contributed by atoms with E-state index in [1.807, 2.05) is 31.3 Å². The molecule has 10 heteroatoms. The Morgan fingerprint density at radius 3 is 2.66 bits per heavy atom. The molecular weight excluding hydrogens is 436 g/mol. The number of hydrogen-bond donors (Lipinski definition) is 1. The van der Waals surface area contributed by atoms with E-state index in [1.54, 1.807) is 24.4 Å². The first kappa shape index (κ1) is 21.4. The van der Waals surface area contributed by atoms with Gasteiger partial charge < -0.3 is 24.2 Å². The van der Waals surface area contributed by atoms with Gasteiger partial charge in [0.25, 0.3) is 0 Å². The summed E-state index contributed by atoms with van der Waals surface area (Å²) in [7, 11) is 3.62. The van der Waals surface area contributed by atoms with Crippen LogP contribution in [0.4, 0.5) is 10.5 Å². The number of carbonyl (C=O) groups is 3. The maximum absolute atomic E-state index is 13.1. The SMILES string of the molecule is CC1C(=O)OC2CC3(C)OC3C(N(C(=O)O)c3ccsc3)C(N(C)C)C3=CC(OC3=O)C21. The summed E-state index contributed by atoms with van der Waals surface area (Å²) in [5, 5.41) is 13.8. The molecule has 0 aromatic carbocycles. The Balaban J connectivity index is 1.66. The van der Waals surface area contributed by atoms with E-state index in [0.29, 0.717) is 17.7 Å². The fourth-order valence-corrected chi connectivity index (χ4v) is 6.26. The molecule has 32 heavy (non-hydrogen) atoms. The number of ether oxygens (including phenoxy) is 3. The first-order valence-electron chi connectivity index (χ1n) is 10.6. The first-order valence-corrected chi connectivity index (χ1v) is 11.6. The first-order chi connectivity index (χ1) is 15.1. The summed E-state index contributed by atoms with van der Waals surface area (Å²) in [5.74, 6) is -1.53. The van der Waals surface area contributed by atoms with Gasteiger partial charge >= 0.3 is 18.0 Å². The molecular formula is C22H26N2O7S. The maximum Gasteiger partial charge on any atom is 0.412 e. The van der Waals surface area contributed by atoms with Crippen LogP contribution in [0.2, 0.25) is 0 Å². The third-order valence-corrected chi connectivity index (χ3v) is 7.86. The maximum atomic E-state index is 13.1. The molecule has 1 aromatic heterocycles. The monoisotopic (exact) mass is 462 g/mol. The zero-order valence-corrected chi connectivity index (χ0v) is 19.1. The van der Waals surface area contributed by atoms with E-state index >= 15 is 0 Å². The van der Waals surface area contributed by atoms with Gasteiger partial charge in [0.05, 0.1) is 34.9 Å². The van der Waals surface area contributed by atoms with Crippen molar-refractivity contribution in [2.75, 3.05) is 19.0 Å². The van der Waals surface area contributed by atoms with E-state index in [-0.39, 0.29) is 11.9 Å².